The molecule has 1 heterocycles. The van der Waals surface area contributed by atoms with Gasteiger partial charge in [0.05, 0.1) is 11.9 Å². The summed E-state index contributed by atoms with van der Waals surface area (Å²) in [4.78, 5) is 14.6. The third-order valence-electron chi connectivity index (χ3n) is 5.87. The first-order chi connectivity index (χ1) is 14.3. The number of hydrogen-bond donors (Lipinski definition) is 0. The summed E-state index contributed by atoms with van der Waals surface area (Å²) in [7, 11) is -3.39. The minimum absolute atomic E-state index is 0.131. The normalized spacial score (nSPS) is 15.2. The van der Waals surface area contributed by atoms with E-state index in [0.29, 0.717) is 31.0 Å². The van der Waals surface area contributed by atoms with E-state index in [0.717, 1.165) is 37.9 Å². The number of hydrogen-bond acceptors (Lipinski definition) is 3. The summed E-state index contributed by atoms with van der Waals surface area (Å²) in [5, 5.41) is 0. The Morgan fingerprint density at radius 2 is 1.67 bits per heavy atom. The molecule has 0 atom stereocenters. The van der Waals surface area contributed by atoms with Crippen LogP contribution in [0.4, 0.5) is 5.69 Å². The Labute approximate surface area is 180 Å². The molecule has 2 aromatic rings. The molecular weight excluding hydrogens is 396 g/mol. The van der Waals surface area contributed by atoms with Crippen LogP contribution in [-0.4, -0.2) is 45.1 Å². The fourth-order valence-corrected chi connectivity index (χ4v) is 5.20. The fraction of sp³-hybridized carbons (Fsp3) is 0.458. The minimum atomic E-state index is -3.39. The standard InChI is InChI=1S/C24H32N2O3S/c1-20-9-6-7-12-23(20)26(30(2,28)29)16-8-13-24(27)25-17-14-22(15-18-25)19-21-10-4-3-5-11-21/h3-7,9-12,22H,8,13-19H2,1-2H3. The number of carbonyl (C=O) groups is 1. The lowest BCUT2D eigenvalue weighted by Gasteiger charge is -2.32. The Hall–Kier alpha value is -2.34. The van der Waals surface area contributed by atoms with E-state index in [1.807, 2.05) is 42.2 Å². The number of carbonyl (C=O) groups excluding carboxylic acids is 1. The summed E-state index contributed by atoms with van der Waals surface area (Å²) in [6.07, 6.45) is 5.24. The quantitative estimate of drug-likeness (QED) is 0.638. The molecular formula is C24H32N2O3S. The van der Waals surface area contributed by atoms with Crippen LogP contribution < -0.4 is 4.31 Å². The highest BCUT2D eigenvalue weighted by atomic mass is 32.2. The van der Waals surface area contributed by atoms with E-state index in [1.54, 1.807) is 0 Å². The van der Waals surface area contributed by atoms with Gasteiger partial charge < -0.3 is 4.90 Å². The van der Waals surface area contributed by atoms with Crippen molar-refractivity contribution in [2.24, 2.45) is 5.92 Å². The summed E-state index contributed by atoms with van der Waals surface area (Å²) in [6, 6.07) is 18.0. The van der Waals surface area contributed by atoms with E-state index in [9.17, 15) is 13.2 Å². The molecule has 0 spiro atoms. The van der Waals surface area contributed by atoms with Crippen LogP contribution in [0, 0.1) is 12.8 Å². The van der Waals surface area contributed by atoms with Crippen molar-refractivity contribution in [1.29, 1.82) is 0 Å². The van der Waals surface area contributed by atoms with Gasteiger partial charge in [-0.15, -0.1) is 0 Å². The second kappa shape index (κ2) is 10.1. The third kappa shape index (κ3) is 6.08. The molecule has 1 saturated heterocycles. The number of benzene rings is 2. The summed E-state index contributed by atoms with van der Waals surface area (Å²) in [5.41, 5.74) is 2.96. The van der Waals surface area contributed by atoms with Crippen LogP contribution in [0.5, 0.6) is 0 Å². The van der Waals surface area contributed by atoms with E-state index in [2.05, 4.69) is 24.3 Å². The average molecular weight is 429 g/mol. The molecule has 1 aliphatic rings. The minimum Gasteiger partial charge on any atom is -0.343 e. The number of anilines is 1. The lowest BCUT2D eigenvalue weighted by Crippen LogP contribution is -2.39. The number of nitrogens with zero attached hydrogens (tertiary/aromatic N) is 2. The first kappa shape index (κ1) is 22.3. The SMILES string of the molecule is Cc1ccccc1N(CCCC(=O)N1CCC(Cc2ccccc2)CC1)S(C)(=O)=O. The van der Waals surface area contributed by atoms with Crippen LogP contribution in [0.2, 0.25) is 0 Å². The van der Waals surface area contributed by atoms with Gasteiger partial charge in [-0.25, -0.2) is 8.42 Å². The number of likely N-dealkylation sites (tertiary alicyclic amines) is 1. The smallest absolute Gasteiger partial charge is 0.232 e. The maximum Gasteiger partial charge on any atom is 0.232 e. The lowest BCUT2D eigenvalue weighted by molar-refractivity contribution is -0.132. The molecule has 1 fully saturated rings. The van der Waals surface area contributed by atoms with Gasteiger partial charge in [0.2, 0.25) is 15.9 Å². The summed E-state index contributed by atoms with van der Waals surface area (Å²) >= 11 is 0. The van der Waals surface area contributed by atoms with Crippen molar-refractivity contribution in [3.05, 3.63) is 65.7 Å². The highest BCUT2D eigenvalue weighted by molar-refractivity contribution is 7.92. The van der Waals surface area contributed by atoms with Crippen LogP contribution in [-0.2, 0) is 21.2 Å². The van der Waals surface area contributed by atoms with Crippen molar-refractivity contribution in [3.63, 3.8) is 0 Å². The monoisotopic (exact) mass is 428 g/mol. The number of rotatable bonds is 8. The first-order valence-electron chi connectivity index (χ1n) is 10.7. The molecule has 162 valence electrons. The van der Waals surface area contributed by atoms with Gasteiger partial charge >= 0.3 is 0 Å². The molecule has 6 heteroatoms. The second-order valence-electron chi connectivity index (χ2n) is 8.24. The molecule has 2 aromatic carbocycles. The van der Waals surface area contributed by atoms with Gasteiger partial charge in [0.25, 0.3) is 0 Å². The van der Waals surface area contributed by atoms with Crippen LogP contribution in [0.1, 0.15) is 36.8 Å². The van der Waals surface area contributed by atoms with Gasteiger partial charge in [0, 0.05) is 26.1 Å². The number of para-hydroxylation sites is 1. The molecule has 0 aromatic heterocycles. The predicted molar refractivity (Wildman–Crippen MR) is 122 cm³/mol. The molecule has 5 nitrogen and oxygen atoms in total. The molecule has 0 radical (unpaired) electrons. The highest BCUT2D eigenvalue weighted by Gasteiger charge is 2.24. The van der Waals surface area contributed by atoms with E-state index in [1.165, 1.54) is 16.1 Å². The van der Waals surface area contributed by atoms with Gasteiger partial charge in [-0.1, -0.05) is 48.5 Å². The molecule has 3 rings (SSSR count). The molecule has 1 aliphatic heterocycles. The maximum absolute atomic E-state index is 12.7. The topological polar surface area (TPSA) is 57.7 Å². The van der Waals surface area contributed by atoms with Gasteiger partial charge in [-0.2, -0.15) is 0 Å². The molecule has 0 unspecified atom stereocenters. The molecule has 0 bridgehead atoms. The molecule has 0 saturated carbocycles. The van der Waals surface area contributed by atoms with Crippen molar-refractivity contribution >= 4 is 21.6 Å². The van der Waals surface area contributed by atoms with E-state index in [4.69, 9.17) is 0 Å². The van der Waals surface area contributed by atoms with Crippen molar-refractivity contribution in [1.82, 2.24) is 4.90 Å². The zero-order valence-corrected chi connectivity index (χ0v) is 18.8. The number of amides is 1. The summed E-state index contributed by atoms with van der Waals surface area (Å²) in [5.74, 6) is 0.754. The lowest BCUT2D eigenvalue weighted by atomic mass is 9.90. The average Bonchev–Trinajstić information content (AvgIpc) is 2.72. The first-order valence-corrected chi connectivity index (χ1v) is 12.5. The Morgan fingerprint density at radius 3 is 2.30 bits per heavy atom. The van der Waals surface area contributed by atoms with E-state index in [-0.39, 0.29) is 5.91 Å². The number of aryl methyl sites for hydroxylation is 1. The summed E-state index contributed by atoms with van der Waals surface area (Å²) in [6.45, 7) is 3.81. The van der Waals surface area contributed by atoms with Crippen molar-refractivity contribution in [2.45, 2.75) is 39.0 Å². The third-order valence-corrected chi connectivity index (χ3v) is 7.05. The molecule has 30 heavy (non-hydrogen) atoms. The highest BCUT2D eigenvalue weighted by Crippen LogP contribution is 2.24. The van der Waals surface area contributed by atoms with Gasteiger partial charge in [-0.05, 0) is 55.7 Å². The van der Waals surface area contributed by atoms with Gasteiger partial charge in [-0.3, -0.25) is 9.10 Å². The van der Waals surface area contributed by atoms with Crippen molar-refractivity contribution < 1.29 is 13.2 Å². The van der Waals surface area contributed by atoms with Gasteiger partial charge in [0.15, 0.2) is 0 Å². The van der Waals surface area contributed by atoms with Gasteiger partial charge in [0.1, 0.15) is 0 Å². The predicted octanol–water partition coefficient (Wildman–Crippen LogP) is 4.02. The van der Waals surface area contributed by atoms with Crippen LogP contribution in [0.3, 0.4) is 0 Å². The van der Waals surface area contributed by atoms with Crippen LogP contribution >= 0.6 is 0 Å². The largest absolute Gasteiger partial charge is 0.343 e. The molecule has 0 aliphatic carbocycles. The molecule has 1 amide bonds. The number of piperidine rings is 1. The zero-order chi connectivity index (χ0) is 21.6. The van der Waals surface area contributed by atoms with Crippen molar-refractivity contribution in [2.75, 3.05) is 30.2 Å². The Balaban J connectivity index is 1.48. The molecule has 0 N–H and O–H groups in total. The Bertz CT molecular complexity index is 936. The van der Waals surface area contributed by atoms with Crippen molar-refractivity contribution in [3.8, 4) is 0 Å². The van der Waals surface area contributed by atoms with E-state index >= 15 is 0 Å². The fourth-order valence-electron chi connectivity index (χ4n) is 4.17. The second-order valence-corrected chi connectivity index (χ2v) is 10.1. The van der Waals surface area contributed by atoms with Crippen LogP contribution in [0.25, 0.3) is 0 Å². The van der Waals surface area contributed by atoms with Crippen LogP contribution in [0.15, 0.2) is 54.6 Å². The zero-order valence-electron chi connectivity index (χ0n) is 18.0. The Kier molecular flexibility index (Phi) is 7.53. The Morgan fingerprint density at radius 1 is 1.03 bits per heavy atom. The maximum atomic E-state index is 12.7. The van der Waals surface area contributed by atoms with E-state index < -0.39 is 10.0 Å². The summed E-state index contributed by atoms with van der Waals surface area (Å²) < 4.78 is 26.0. The number of sulfonamides is 1.